The zero-order valence-electron chi connectivity index (χ0n) is 15.6. The molecule has 27 heavy (non-hydrogen) atoms. The highest BCUT2D eigenvalue weighted by molar-refractivity contribution is 5.90. The molecule has 4 aliphatic rings. The number of methoxy groups -OCH3 is 1. The predicted molar refractivity (Wildman–Crippen MR) is 98.3 cm³/mol. The highest BCUT2D eigenvalue weighted by Gasteiger charge is 2.51. The average molecular weight is 373 g/mol. The Morgan fingerprint density at radius 1 is 1.19 bits per heavy atom. The number of aliphatic hydroxyl groups is 1. The third-order valence-electron chi connectivity index (χ3n) is 6.41. The Labute approximate surface area is 159 Å². The minimum atomic E-state index is -1.35. The van der Waals surface area contributed by atoms with E-state index in [1.54, 1.807) is 24.3 Å². The Bertz CT molecular complexity index is 696. The third kappa shape index (κ3) is 3.81. The molecule has 146 valence electrons. The van der Waals surface area contributed by atoms with Gasteiger partial charge in [-0.25, -0.2) is 4.79 Å². The van der Waals surface area contributed by atoms with Gasteiger partial charge in [0.2, 0.25) is 0 Å². The topological polar surface area (TPSA) is 84.9 Å². The second-order valence-electron chi connectivity index (χ2n) is 8.53. The molecule has 0 spiro atoms. The van der Waals surface area contributed by atoms with E-state index < -0.39 is 18.0 Å². The second kappa shape index (κ2) is 7.15. The van der Waals surface area contributed by atoms with Crippen LogP contribution in [0.1, 0.15) is 48.9 Å². The number of ether oxygens (including phenoxy) is 2. The van der Waals surface area contributed by atoms with Crippen LogP contribution in [0.2, 0.25) is 0 Å². The van der Waals surface area contributed by atoms with E-state index in [-0.39, 0.29) is 12.1 Å². The number of esters is 1. The molecule has 1 atom stereocenters. The molecule has 4 aliphatic carbocycles. The van der Waals surface area contributed by atoms with Crippen molar-refractivity contribution in [3.63, 3.8) is 0 Å². The Hall–Kier alpha value is -2.08. The molecule has 4 saturated carbocycles. The summed E-state index contributed by atoms with van der Waals surface area (Å²) in [5.74, 6) is 1.65. The fourth-order valence-corrected chi connectivity index (χ4v) is 5.67. The fourth-order valence-electron chi connectivity index (χ4n) is 5.67. The van der Waals surface area contributed by atoms with E-state index in [0.29, 0.717) is 29.1 Å². The van der Waals surface area contributed by atoms with Gasteiger partial charge in [-0.2, -0.15) is 0 Å². The van der Waals surface area contributed by atoms with E-state index >= 15 is 0 Å². The van der Waals surface area contributed by atoms with Crippen molar-refractivity contribution < 1.29 is 24.2 Å². The summed E-state index contributed by atoms with van der Waals surface area (Å²) >= 11 is 0. The number of hydrogen-bond acceptors (Lipinski definition) is 5. The maximum Gasteiger partial charge on any atom is 0.338 e. The van der Waals surface area contributed by atoms with Crippen LogP contribution in [0.15, 0.2) is 24.3 Å². The van der Waals surface area contributed by atoms with E-state index in [0.717, 1.165) is 19.3 Å². The Kier molecular flexibility index (Phi) is 4.84. The van der Waals surface area contributed by atoms with Gasteiger partial charge in [0.25, 0.3) is 5.91 Å². The number of rotatable bonds is 6. The summed E-state index contributed by atoms with van der Waals surface area (Å²) in [6.45, 7) is -0.353. The van der Waals surface area contributed by atoms with Crippen LogP contribution in [-0.2, 0) is 9.53 Å². The lowest BCUT2D eigenvalue weighted by molar-refractivity contribution is -0.137. The van der Waals surface area contributed by atoms with Gasteiger partial charge in [0.15, 0.2) is 6.10 Å². The summed E-state index contributed by atoms with van der Waals surface area (Å²) in [7, 11) is 1.52. The first-order valence-corrected chi connectivity index (χ1v) is 9.77. The molecule has 0 aliphatic heterocycles. The molecule has 0 saturated heterocycles. The summed E-state index contributed by atoms with van der Waals surface area (Å²) in [5.41, 5.74) is 0.159. The van der Waals surface area contributed by atoms with Crippen LogP contribution in [0.4, 0.5) is 0 Å². The van der Waals surface area contributed by atoms with E-state index in [4.69, 9.17) is 9.47 Å². The summed E-state index contributed by atoms with van der Waals surface area (Å²) in [5, 5.41) is 13.3. The quantitative estimate of drug-likeness (QED) is 0.748. The van der Waals surface area contributed by atoms with Crippen molar-refractivity contribution in [3.8, 4) is 5.75 Å². The molecular formula is C21H27NO5. The molecule has 2 N–H and O–H groups in total. The van der Waals surface area contributed by atoms with Crippen molar-refractivity contribution in [1.29, 1.82) is 0 Å². The van der Waals surface area contributed by atoms with Gasteiger partial charge in [-0.05, 0) is 74.5 Å². The lowest BCUT2D eigenvalue weighted by Crippen LogP contribution is -2.61. The lowest BCUT2D eigenvalue weighted by atomic mass is 9.53. The van der Waals surface area contributed by atoms with E-state index in [1.807, 2.05) is 0 Å². The first-order valence-electron chi connectivity index (χ1n) is 9.77. The Morgan fingerprint density at radius 3 is 2.41 bits per heavy atom. The van der Waals surface area contributed by atoms with Crippen molar-refractivity contribution >= 4 is 11.9 Å². The number of hydrogen-bond donors (Lipinski definition) is 2. The summed E-state index contributed by atoms with van der Waals surface area (Å²) in [6.07, 6.45) is 5.55. The van der Waals surface area contributed by atoms with Crippen molar-refractivity contribution in [3.05, 3.63) is 29.8 Å². The molecular weight excluding hydrogens is 346 g/mol. The van der Waals surface area contributed by atoms with E-state index in [2.05, 4.69) is 5.32 Å². The number of carbonyl (C=O) groups excluding carboxylic acids is 2. The molecule has 4 bridgehead atoms. The highest BCUT2D eigenvalue weighted by Crippen LogP contribution is 2.55. The van der Waals surface area contributed by atoms with Crippen molar-refractivity contribution in [1.82, 2.24) is 5.32 Å². The van der Waals surface area contributed by atoms with Crippen LogP contribution in [0.25, 0.3) is 0 Å². The molecule has 1 amide bonds. The van der Waals surface area contributed by atoms with Crippen molar-refractivity contribution in [2.45, 2.75) is 50.2 Å². The average Bonchev–Trinajstić information content (AvgIpc) is 2.64. The minimum Gasteiger partial charge on any atom is -0.497 e. The molecule has 0 aromatic heterocycles. The largest absolute Gasteiger partial charge is 0.497 e. The maximum absolute atomic E-state index is 12.5. The summed E-state index contributed by atoms with van der Waals surface area (Å²) in [6, 6.07) is 6.58. The summed E-state index contributed by atoms with van der Waals surface area (Å²) < 4.78 is 10.2. The van der Waals surface area contributed by atoms with Crippen molar-refractivity contribution in [2.24, 2.45) is 17.8 Å². The molecule has 0 radical (unpaired) electrons. The van der Waals surface area contributed by atoms with E-state index in [9.17, 15) is 14.7 Å². The SMILES string of the molecule is COc1cccc(C(=O)OCC(O)C(=O)NC23CC4CC(CC(C4)C2)C3)c1. The van der Waals surface area contributed by atoms with Gasteiger partial charge < -0.3 is 19.9 Å². The van der Waals surface area contributed by atoms with Crippen LogP contribution >= 0.6 is 0 Å². The molecule has 4 fully saturated rings. The van der Waals surface area contributed by atoms with Gasteiger partial charge in [0.1, 0.15) is 12.4 Å². The number of carbonyl (C=O) groups is 2. The fraction of sp³-hybridized carbons (Fsp3) is 0.619. The molecule has 1 unspecified atom stereocenters. The van der Waals surface area contributed by atoms with Crippen molar-refractivity contribution in [2.75, 3.05) is 13.7 Å². The minimum absolute atomic E-state index is 0.163. The van der Waals surface area contributed by atoms with Gasteiger partial charge in [-0.3, -0.25) is 4.79 Å². The van der Waals surface area contributed by atoms with Crippen LogP contribution in [-0.4, -0.2) is 42.3 Å². The molecule has 1 aromatic carbocycles. The zero-order chi connectivity index (χ0) is 19.0. The predicted octanol–water partition coefficient (Wildman–Crippen LogP) is 2.30. The van der Waals surface area contributed by atoms with Crippen LogP contribution in [0.3, 0.4) is 0 Å². The van der Waals surface area contributed by atoms with Gasteiger partial charge >= 0.3 is 5.97 Å². The molecule has 5 rings (SSSR count). The number of nitrogens with one attached hydrogen (secondary N) is 1. The Balaban J connectivity index is 1.31. The smallest absolute Gasteiger partial charge is 0.338 e. The lowest BCUT2D eigenvalue weighted by Gasteiger charge is -2.57. The standard InChI is InChI=1S/C21H27NO5/c1-26-17-4-2-3-16(8-17)20(25)27-12-18(23)19(24)22-21-9-13-5-14(10-21)7-15(6-13)11-21/h2-4,8,13-15,18,23H,5-7,9-12H2,1H3,(H,22,24). The van der Waals surface area contributed by atoms with Gasteiger partial charge in [0, 0.05) is 5.54 Å². The number of amides is 1. The molecule has 1 aromatic rings. The number of aliphatic hydroxyl groups excluding tert-OH is 1. The third-order valence-corrected chi connectivity index (χ3v) is 6.41. The van der Waals surface area contributed by atoms with Crippen LogP contribution < -0.4 is 10.1 Å². The monoisotopic (exact) mass is 373 g/mol. The van der Waals surface area contributed by atoms with Crippen LogP contribution in [0.5, 0.6) is 5.75 Å². The molecule has 0 heterocycles. The normalized spacial score (nSPS) is 32.0. The van der Waals surface area contributed by atoms with Gasteiger partial charge in [0.05, 0.1) is 12.7 Å². The Morgan fingerprint density at radius 2 is 1.81 bits per heavy atom. The first kappa shape index (κ1) is 18.3. The zero-order valence-corrected chi connectivity index (χ0v) is 15.6. The highest BCUT2D eigenvalue weighted by atomic mass is 16.5. The maximum atomic E-state index is 12.5. The second-order valence-corrected chi connectivity index (χ2v) is 8.53. The molecule has 6 nitrogen and oxygen atoms in total. The molecule has 6 heteroatoms. The first-order chi connectivity index (χ1) is 13.0. The van der Waals surface area contributed by atoms with E-state index in [1.165, 1.54) is 26.4 Å². The number of benzene rings is 1. The summed E-state index contributed by atoms with van der Waals surface area (Å²) in [4.78, 5) is 24.6. The van der Waals surface area contributed by atoms with Gasteiger partial charge in [-0.15, -0.1) is 0 Å². The van der Waals surface area contributed by atoms with Gasteiger partial charge in [-0.1, -0.05) is 6.07 Å². The van der Waals surface area contributed by atoms with Crippen LogP contribution in [0, 0.1) is 17.8 Å².